The van der Waals surface area contributed by atoms with E-state index in [2.05, 4.69) is 5.32 Å². The summed E-state index contributed by atoms with van der Waals surface area (Å²) in [6.07, 6.45) is 0. The molecule has 1 aromatic carbocycles. The van der Waals surface area contributed by atoms with E-state index >= 15 is 0 Å². The first kappa shape index (κ1) is 14.5. The van der Waals surface area contributed by atoms with Crippen molar-refractivity contribution in [1.82, 2.24) is 5.32 Å². The number of benzene rings is 1. The summed E-state index contributed by atoms with van der Waals surface area (Å²) in [6, 6.07) is 5.45. The minimum Gasteiger partial charge on any atom is -0.494 e. The third kappa shape index (κ3) is 4.04. The lowest BCUT2D eigenvalue weighted by Gasteiger charge is -2.12. The number of rotatable bonds is 6. The molecule has 0 radical (unpaired) electrons. The first-order valence-electron chi connectivity index (χ1n) is 6.30. The second kappa shape index (κ2) is 7.01. The van der Waals surface area contributed by atoms with Crippen LogP contribution in [0.5, 0.6) is 5.75 Å². The van der Waals surface area contributed by atoms with Crippen molar-refractivity contribution < 1.29 is 9.53 Å². The normalized spacial score (nSPS) is 12.0. The number of amides is 1. The van der Waals surface area contributed by atoms with Gasteiger partial charge < -0.3 is 15.8 Å². The molecule has 1 rings (SSSR count). The van der Waals surface area contributed by atoms with Crippen molar-refractivity contribution >= 4 is 5.91 Å². The maximum absolute atomic E-state index is 11.9. The van der Waals surface area contributed by atoms with Crippen LogP contribution < -0.4 is 15.8 Å². The van der Waals surface area contributed by atoms with E-state index in [1.807, 2.05) is 32.9 Å². The number of ether oxygens (including phenoxy) is 1. The summed E-state index contributed by atoms with van der Waals surface area (Å²) in [7, 11) is 0. The molecule has 100 valence electrons. The number of carbonyl (C=O) groups excluding carboxylic acids is 1. The number of aryl methyl sites for hydroxylation is 1. The summed E-state index contributed by atoms with van der Waals surface area (Å²) in [5.41, 5.74) is 7.13. The molecule has 0 fully saturated rings. The summed E-state index contributed by atoms with van der Waals surface area (Å²) in [5, 5.41) is 2.87. The molecule has 0 aliphatic heterocycles. The number of hydrogen-bond donors (Lipinski definition) is 2. The number of carbonyl (C=O) groups is 1. The average Bonchev–Trinajstić information content (AvgIpc) is 2.38. The Hall–Kier alpha value is -1.55. The van der Waals surface area contributed by atoms with Crippen LogP contribution in [0.3, 0.4) is 0 Å². The van der Waals surface area contributed by atoms with E-state index in [1.54, 1.807) is 6.07 Å². The van der Waals surface area contributed by atoms with Crippen molar-refractivity contribution in [2.45, 2.75) is 20.8 Å². The van der Waals surface area contributed by atoms with Crippen molar-refractivity contribution in [2.24, 2.45) is 11.7 Å². The zero-order valence-corrected chi connectivity index (χ0v) is 11.3. The molecule has 1 atom stereocenters. The molecule has 1 unspecified atom stereocenters. The van der Waals surface area contributed by atoms with E-state index in [0.29, 0.717) is 25.3 Å². The van der Waals surface area contributed by atoms with Crippen LogP contribution >= 0.6 is 0 Å². The maximum Gasteiger partial charge on any atom is 0.251 e. The molecule has 3 N–H and O–H groups in total. The van der Waals surface area contributed by atoms with E-state index in [0.717, 1.165) is 11.3 Å². The Morgan fingerprint density at radius 1 is 1.50 bits per heavy atom. The molecule has 0 saturated heterocycles. The monoisotopic (exact) mass is 250 g/mol. The molecular weight excluding hydrogens is 228 g/mol. The second-order valence-corrected chi connectivity index (χ2v) is 4.46. The molecule has 1 aromatic rings. The van der Waals surface area contributed by atoms with Gasteiger partial charge in [-0.2, -0.15) is 0 Å². The standard InChI is InChI=1S/C14H22N2O2/c1-4-18-13-6-5-12(7-11(13)3)14(17)16-9-10(2)8-15/h5-7,10H,4,8-9,15H2,1-3H3,(H,16,17). The minimum absolute atomic E-state index is 0.0681. The average molecular weight is 250 g/mol. The fourth-order valence-corrected chi connectivity index (χ4v) is 1.56. The van der Waals surface area contributed by atoms with Gasteiger partial charge >= 0.3 is 0 Å². The van der Waals surface area contributed by atoms with E-state index in [1.165, 1.54) is 0 Å². The fraction of sp³-hybridized carbons (Fsp3) is 0.500. The Morgan fingerprint density at radius 2 is 2.22 bits per heavy atom. The highest BCUT2D eigenvalue weighted by Crippen LogP contribution is 2.19. The molecule has 4 heteroatoms. The van der Waals surface area contributed by atoms with Gasteiger partial charge in [-0.1, -0.05) is 6.92 Å². The van der Waals surface area contributed by atoms with Crippen LogP contribution in [0.25, 0.3) is 0 Å². The van der Waals surface area contributed by atoms with Crippen LogP contribution in [-0.2, 0) is 0 Å². The maximum atomic E-state index is 11.9. The van der Waals surface area contributed by atoms with E-state index in [-0.39, 0.29) is 11.8 Å². The summed E-state index contributed by atoms with van der Waals surface area (Å²) < 4.78 is 5.44. The van der Waals surface area contributed by atoms with E-state index in [9.17, 15) is 4.79 Å². The van der Waals surface area contributed by atoms with Gasteiger partial charge in [0, 0.05) is 12.1 Å². The van der Waals surface area contributed by atoms with Crippen LogP contribution in [-0.4, -0.2) is 25.6 Å². The highest BCUT2D eigenvalue weighted by atomic mass is 16.5. The summed E-state index contributed by atoms with van der Waals surface area (Å²) in [4.78, 5) is 11.9. The molecule has 1 amide bonds. The second-order valence-electron chi connectivity index (χ2n) is 4.46. The van der Waals surface area contributed by atoms with Crippen molar-refractivity contribution in [3.63, 3.8) is 0 Å². The molecular formula is C14H22N2O2. The van der Waals surface area contributed by atoms with Gasteiger partial charge in [0.15, 0.2) is 0 Å². The molecule has 0 saturated carbocycles. The van der Waals surface area contributed by atoms with Gasteiger partial charge in [0.1, 0.15) is 5.75 Å². The number of nitrogens with two attached hydrogens (primary N) is 1. The predicted octanol–water partition coefficient (Wildman–Crippen LogP) is 1.72. The number of nitrogens with one attached hydrogen (secondary N) is 1. The Kier molecular flexibility index (Phi) is 5.65. The fourth-order valence-electron chi connectivity index (χ4n) is 1.56. The van der Waals surface area contributed by atoms with Gasteiger partial charge in [-0.05, 0) is 50.1 Å². The zero-order valence-electron chi connectivity index (χ0n) is 11.3. The quantitative estimate of drug-likeness (QED) is 0.808. The van der Waals surface area contributed by atoms with E-state index in [4.69, 9.17) is 10.5 Å². The molecule has 0 aromatic heterocycles. The van der Waals surface area contributed by atoms with Crippen LogP contribution in [0.1, 0.15) is 29.8 Å². The highest BCUT2D eigenvalue weighted by Gasteiger charge is 2.09. The molecule has 0 aliphatic rings. The lowest BCUT2D eigenvalue weighted by atomic mass is 10.1. The smallest absolute Gasteiger partial charge is 0.251 e. The summed E-state index contributed by atoms with van der Waals surface area (Å²) in [5.74, 6) is 1.04. The van der Waals surface area contributed by atoms with Gasteiger partial charge in [0.05, 0.1) is 6.61 Å². The predicted molar refractivity (Wildman–Crippen MR) is 72.9 cm³/mol. The Morgan fingerprint density at radius 3 is 2.78 bits per heavy atom. The molecule has 4 nitrogen and oxygen atoms in total. The van der Waals surface area contributed by atoms with Gasteiger partial charge in [-0.3, -0.25) is 4.79 Å². The Labute approximate surface area is 109 Å². The number of hydrogen-bond acceptors (Lipinski definition) is 3. The minimum atomic E-state index is -0.0681. The van der Waals surface area contributed by atoms with Gasteiger partial charge in [-0.25, -0.2) is 0 Å². The largest absolute Gasteiger partial charge is 0.494 e. The van der Waals surface area contributed by atoms with Gasteiger partial charge in [0.2, 0.25) is 0 Å². The van der Waals surface area contributed by atoms with Crippen LogP contribution in [0.15, 0.2) is 18.2 Å². The third-order valence-electron chi connectivity index (χ3n) is 2.75. The SMILES string of the molecule is CCOc1ccc(C(=O)NCC(C)CN)cc1C. The molecule has 0 bridgehead atoms. The Balaban J connectivity index is 2.66. The lowest BCUT2D eigenvalue weighted by Crippen LogP contribution is -2.31. The van der Waals surface area contributed by atoms with Crippen LogP contribution in [0.4, 0.5) is 0 Å². The van der Waals surface area contributed by atoms with Crippen molar-refractivity contribution in [1.29, 1.82) is 0 Å². The van der Waals surface area contributed by atoms with Crippen molar-refractivity contribution in [2.75, 3.05) is 19.7 Å². The summed E-state index contributed by atoms with van der Waals surface area (Å²) in [6.45, 7) is 7.67. The zero-order chi connectivity index (χ0) is 13.5. The molecule has 0 aliphatic carbocycles. The van der Waals surface area contributed by atoms with Gasteiger partial charge in [0.25, 0.3) is 5.91 Å². The van der Waals surface area contributed by atoms with E-state index < -0.39 is 0 Å². The highest BCUT2D eigenvalue weighted by molar-refractivity contribution is 5.94. The third-order valence-corrected chi connectivity index (χ3v) is 2.75. The van der Waals surface area contributed by atoms with Crippen LogP contribution in [0.2, 0.25) is 0 Å². The first-order valence-corrected chi connectivity index (χ1v) is 6.30. The Bertz CT molecular complexity index is 405. The molecule has 0 heterocycles. The summed E-state index contributed by atoms with van der Waals surface area (Å²) >= 11 is 0. The first-order chi connectivity index (χ1) is 8.58. The lowest BCUT2D eigenvalue weighted by molar-refractivity contribution is 0.0948. The topological polar surface area (TPSA) is 64.3 Å². The van der Waals surface area contributed by atoms with Crippen molar-refractivity contribution in [3.05, 3.63) is 29.3 Å². The molecule has 18 heavy (non-hydrogen) atoms. The van der Waals surface area contributed by atoms with Crippen LogP contribution in [0, 0.1) is 12.8 Å². The van der Waals surface area contributed by atoms with Crippen molar-refractivity contribution in [3.8, 4) is 5.75 Å². The van der Waals surface area contributed by atoms with Gasteiger partial charge in [-0.15, -0.1) is 0 Å². The molecule has 0 spiro atoms.